The summed E-state index contributed by atoms with van der Waals surface area (Å²) in [5.41, 5.74) is 7.04. The molecule has 0 heterocycles. The molecule has 11 heteroatoms. The van der Waals surface area contributed by atoms with Gasteiger partial charge in [-0.1, -0.05) is 72.8 Å². The Hall–Kier alpha value is -4.90. The number of benzene rings is 3. The molecular weight excluding hydrogens is 576 g/mol. The predicted molar refractivity (Wildman–Crippen MR) is 169 cm³/mol. The largest absolute Gasteiger partial charge is 0.489 e. The summed E-state index contributed by atoms with van der Waals surface area (Å²) >= 11 is 0. The molecule has 0 saturated heterocycles. The number of rotatable bonds is 14. The minimum Gasteiger partial charge on any atom is -0.489 e. The van der Waals surface area contributed by atoms with Gasteiger partial charge in [-0.2, -0.15) is 0 Å². The molecule has 0 fully saturated rings. The molecule has 0 bridgehead atoms. The number of aliphatic hydroxyl groups excluding tert-OH is 1. The van der Waals surface area contributed by atoms with Crippen LogP contribution in [0.1, 0.15) is 44.4 Å². The SMILES string of the molecule is C[C@H](O)[C@H](NC(=O)[C@@H](Cc1ccc(OCc2ccccc2)cc1)NC(=O)[C@@H](Cc1ccccc1)NC(=O)OC(C)(C)C)C(N)=O. The van der Waals surface area contributed by atoms with Crippen LogP contribution in [0, 0.1) is 0 Å². The van der Waals surface area contributed by atoms with E-state index in [1.54, 1.807) is 57.2 Å². The lowest BCUT2D eigenvalue weighted by Crippen LogP contribution is -2.59. The summed E-state index contributed by atoms with van der Waals surface area (Å²) in [4.78, 5) is 51.7. The van der Waals surface area contributed by atoms with Gasteiger partial charge in [0.15, 0.2) is 0 Å². The van der Waals surface area contributed by atoms with E-state index in [1.807, 2.05) is 48.5 Å². The zero-order chi connectivity index (χ0) is 33.0. The molecule has 3 rings (SSSR count). The number of nitrogens with one attached hydrogen (secondary N) is 3. The second-order valence-electron chi connectivity index (χ2n) is 11.7. The third-order valence-electron chi connectivity index (χ3n) is 6.62. The summed E-state index contributed by atoms with van der Waals surface area (Å²) in [6.45, 7) is 6.80. The molecule has 3 aromatic rings. The highest BCUT2D eigenvalue weighted by atomic mass is 16.6. The molecule has 0 radical (unpaired) electrons. The molecule has 45 heavy (non-hydrogen) atoms. The number of carbonyl (C=O) groups is 4. The summed E-state index contributed by atoms with van der Waals surface area (Å²) in [6, 6.07) is 22.1. The number of amides is 4. The number of nitrogens with two attached hydrogens (primary N) is 1. The molecular formula is C34H42N4O7. The summed E-state index contributed by atoms with van der Waals surface area (Å²) in [7, 11) is 0. The molecule has 0 aliphatic carbocycles. The fraction of sp³-hybridized carbons (Fsp3) is 0.353. The first kappa shape index (κ1) is 34.6. The second-order valence-corrected chi connectivity index (χ2v) is 11.7. The maximum absolute atomic E-state index is 13.7. The Morgan fingerprint density at radius 3 is 1.73 bits per heavy atom. The predicted octanol–water partition coefficient (Wildman–Crippen LogP) is 2.78. The highest BCUT2D eigenvalue weighted by Crippen LogP contribution is 2.16. The van der Waals surface area contributed by atoms with E-state index in [4.69, 9.17) is 15.2 Å². The highest BCUT2D eigenvalue weighted by Gasteiger charge is 2.31. The molecule has 0 unspecified atom stereocenters. The lowest BCUT2D eigenvalue weighted by molar-refractivity contribution is -0.133. The second kappa shape index (κ2) is 16.2. The molecule has 0 saturated carbocycles. The van der Waals surface area contributed by atoms with E-state index in [1.165, 1.54) is 6.92 Å². The number of hydrogen-bond acceptors (Lipinski definition) is 7. The van der Waals surface area contributed by atoms with Crippen molar-refractivity contribution in [3.63, 3.8) is 0 Å². The number of carbonyl (C=O) groups excluding carboxylic acids is 4. The van der Waals surface area contributed by atoms with Crippen LogP contribution in [-0.2, 0) is 38.6 Å². The fourth-order valence-corrected chi connectivity index (χ4v) is 4.37. The van der Waals surface area contributed by atoms with E-state index in [0.29, 0.717) is 17.9 Å². The van der Waals surface area contributed by atoms with Gasteiger partial charge < -0.3 is 36.3 Å². The van der Waals surface area contributed by atoms with E-state index in [0.717, 1.165) is 11.1 Å². The van der Waals surface area contributed by atoms with Crippen LogP contribution in [0.25, 0.3) is 0 Å². The first-order valence-corrected chi connectivity index (χ1v) is 14.7. The quantitative estimate of drug-likeness (QED) is 0.185. The number of aliphatic hydroxyl groups is 1. The maximum atomic E-state index is 13.7. The van der Waals surface area contributed by atoms with Gasteiger partial charge in [-0.25, -0.2) is 4.79 Å². The number of alkyl carbamates (subject to hydrolysis) is 1. The van der Waals surface area contributed by atoms with Crippen LogP contribution in [0.15, 0.2) is 84.9 Å². The molecule has 0 aromatic heterocycles. The number of primary amides is 1. The van der Waals surface area contributed by atoms with Crippen molar-refractivity contribution in [2.75, 3.05) is 0 Å². The van der Waals surface area contributed by atoms with Gasteiger partial charge in [-0.15, -0.1) is 0 Å². The van der Waals surface area contributed by atoms with Gasteiger partial charge in [0, 0.05) is 12.8 Å². The van der Waals surface area contributed by atoms with Crippen molar-refractivity contribution < 1.29 is 33.8 Å². The Morgan fingerprint density at radius 1 is 0.733 bits per heavy atom. The molecule has 3 aromatic carbocycles. The molecule has 11 nitrogen and oxygen atoms in total. The average molecular weight is 619 g/mol. The standard InChI is InChI=1S/C34H42N4O7/c1-22(39)29(30(35)40)38-32(42)27(20-24-15-17-26(18-16-24)44-21-25-13-9-6-10-14-25)36-31(41)28(19-23-11-7-5-8-12-23)37-33(43)45-34(2,3)4/h5-18,22,27-29,39H,19-21H2,1-4H3,(H2,35,40)(H,36,41)(H,37,43)(H,38,42)/t22-,27+,28+,29-/m0/s1. The van der Waals surface area contributed by atoms with Gasteiger partial charge in [0.1, 0.15) is 36.1 Å². The summed E-state index contributed by atoms with van der Waals surface area (Å²) in [6.07, 6.45) is -1.94. The Balaban J connectivity index is 1.81. The van der Waals surface area contributed by atoms with E-state index in [-0.39, 0.29) is 12.8 Å². The third-order valence-corrected chi connectivity index (χ3v) is 6.62. The molecule has 4 amide bonds. The van der Waals surface area contributed by atoms with Gasteiger partial charge in [0.25, 0.3) is 0 Å². The van der Waals surface area contributed by atoms with Gasteiger partial charge >= 0.3 is 6.09 Å². The molecule has 0 spiro atoms. The van der Waals surface area contributed by atoms with Crippen molar-refractivity contribution in [3.05, 3.63) is 102 Å². The fourth-order valence-electron chi connectivity index (χ4n) is 4.37. The molecule has 6 N–H and O–H groups in total. The van der Waals surface area contributed by atoms with Gasteiger partial charge in [0.2, 0.25) is 17.7 Å². The van der Waals surface area contributed by atoms with Crippen LogP contribution >= 0.6 is 0 Å². The van der Waals surface area contributed by atoms with E-state index in [2.05, 4.69) is 16.0 Å². The van der Waals surface area contributed by atoms with Crippen molar-refractivity contribution in [1.82, 2.24) is 16.0 Å². The minimum absolute atomic E-state index is 0.0202. The molecule has 240 valence electrons. The Kier molecular flexibility index (Phi) is 12.5. The van der Waals surface area contributed by atoms with Crippen LogP contribution in [0.2, 0.25) is 0 Å². The molecule has 0 aliphatic heterocycles. The zero-order valence-corrected chi connectivity index (χ0v) is 26.0. The lowest BCUT2D eigenvalue weighted by atomic mass is 10.0. The van der Waals surface area contributed by atoms with Crippen LogP contribution in [-0.4, -0.2) is 58.8 Å². The van der Waals surface area contributed by atoms with Gasteiger partial charge in [0.05, 0.1) is 6.10 Å². The lowest BCUT2D eigenvalue weighted by Gasteiger charge is -2.27. The monoisotopic (exact) mass is 618 g/mol. The first-order chi connectivity index (χ1) is 21.3. The Labute approximate surface area is 263 Å². The summed E-state index contributed by atoms with van der Waals surface area (Å²) in [5.74, 6) is -1.72. The normalized spacial score (nSPS) is 13.8. The van der Waals surface area contributed by atoms with Gasteiger partial charge in [-0.05, 0) is 56.5 Å². The average Bonchev–Trinajstić information content (AvgIpc) is 2.98. The Bertz CT molecular complexity index is 1410. The van der Waals surface area contributed by atoms with Crippen molar-refractivity contribution in [2.24, 2.45) is 5.73 Å². The molecule has 4 atom stereocenters. The summed E-state index contributed by atoms with van der Waals surface area (Å²) < 4.78 is 11.2. The number of hydrogen-bond donors (Lipinski definition) is 5. The van der Waals surface area contributed by atoms with Gasteiger partial charge in [-0.3, -0.25) is 14.4 Å². The topological polar surface area (TPSA) is 169 Å². The third kappa shape index (κ3) is 12.0. The summed E-state index contributed by atoms with van der Waals surface area (Å²) in [5, 5.41) is 17.8. The van der Waals surface area contributed by atoms with Crippen LogP contribution in [0.4, 0.5) is 4.79 Å². The minimum atomic E-state index is -1.38. The van der Waals surface area contributed by atoms with E-state index in [9.17, 15) is 24.3 Å². The van der Waals surface area contributed by atoms with E-state index >= 15 is 0 Å². The maximum Gasteiger partial charge on any atom is 0.408 e. The van der Waals surface area contributed by atoms with Crippen LogP contribution < -0.4 is 26.4 Å². The Morgan fingerprint density at radius 2 is 1.22 bits per heavy atom. The zero-order valence-electron chi connectivity index (χ0n) is 26.0. The van der Waals surface area contributed by atoms with Crippen molar-refractivity contribution in [1.29, 1.82) is 0 Å². The van der Waals surface area contributed by atoms with Crippen molar-refractivity contribution in [2.45, 2.75) is 77.0 Å². The van der Waals surface area contributed by atoms with Crippen LogP contribution in [0.5, 0.6) is 5.75 Å². The molecule has 0 aliphatic rings. The van der Waals surface area contributed by atoms with E-state index < -0.39 is 53.6 Å². The van der Waals surface area contributed by atoms with Crippen molar-refractivity contribution in [3.8, 4) is 5.75 Å². The number of ether oxygens (including phenoxy) is 2. The highest BCUT2D eigenvalue weighted by molar-refractivity contribution is 5.94. The smallest absolute Gasteiger partial charge is 0.408 e. The van der Waals surface area contributed by atoms with Crippen molar-refractivity contribution >= 4 is 23.8 Å². The van der Waals surface area contributed by atoms with Crippen LogP contribution in [0.3, 0.4) is 0 Å². The first-order valence-electron chi connectivity index (χ1n) is 14.7.